The van der Waals surface area contributed by atoms with E-state index >= 15 is 0 Å². The predicted molar refractivity (Wildman–Crippen MR) is 60.9 cm³/mol. The summed E-state index contributed by atoms with van der Waals surface area (Å²) in [4.78, 5) is 10.8. The van der Waals surface area contributed by atoms with Crippen molar-refractivity contribution >= 4 is 24.7 Å². The van der Waals surface area contributed by atoms with E-state index in [9.17, 15) is 9.18 Å². The maximum atomic E-state index is 13.3. The highest BCUT2D eigenvalue weighted by Gasteiger charge is 2.10. The molecule has 4 heteroatoms. The number of carboxylic acid groups (broad SMARTS) is 1. The van der Waals surface area contributed by atoms with Gasteiger partial charge < -0.3 is 5.11 Å². The van der Waals surface area contributed by atoms with Crippen LogP contribution in [-0.4, -0.2) is 16.8 Å². The second-order valence-corrected chi connectivity index (χ2v) is 3.37. The average molecular weight is 226 g/mol. The lowest BCUT2D eigenvalue weighted by Crippen LogP contribution is -2.01. The van der Waals surface area contributed by atoms with E-state index in [0.29, 0.717) is 12.2 Å². The highest BCUT2D eigenvalue weighted by molar-refractivity contribution is 7.80. The summed E-state index contributed by atoms with van der Waals surface area (Å²) in [5.74, 6) is -1.00. The van der Waals surface area contributed by atoms with E-state index in [-0.39, 0.29) is 11.1 Å². The Kier molecular flexibility index (Phi) is 4.37. The quantitative estimate of drug-likeness (QED) is 0.775. The standard InChI is InChI=1S/C11H11FO2S/c12-10-6-3-5-9(11(13)14)8(10)4-1-2-7-15/h1,3-6,15H,2,7H2,(H,13,14). The molecule has 0 unspecified atom stereocenters. The Morgan fingerprint density at radius 2 is 2.27 bits per heavy atom. The second kappa shape index (κ2) is 5.56. The van der Waals surface area contributed by atoms with Crippen molar-refractivity contribution in [1.82, 2.24) is 0 Å². The smallest absolute Gasteiger partial charge is 0.336 e. The Labute approximate surface area is 92.8 Å². The molecular weight excluding hydrogens is 215 g/mol. The molecule has 1 aromatic rings. The van der Waals surface area contributed by atoms with Crippen molar-refractivity contribution in [2.45, 2.75) is 6.42 Å². The molecule has 0 aliphatic rings. The SMILES string of the molecule is O=C(O)c1cccc(F)c1C=CCCS. The zero-order valence-electron chi connectivity index (χ0n) is 7.98. The van der Waals surface area contributed by atoms with Crippen molar-refractivity contribution in [3.8, 4) is 0 Å². The zero-order valence-corrected chi connectivity index (χ0v) is 8.88. The number of carbonyl (C=O) groups is 1. The molecule has 0 fully saturated rings. The first-order valence-electron chi connectivity index (χ1n) is 4.46. The third kappa shape index (κ3) is 3.09. The van der Waals surface area contributed by atoms with Gasteiger partial charge in [0, 0.05) is 5.56 Å². The summed E-state index contributed by atoms with van der Waals surface area (Å²) in [7, 11) is 0. The van der Waals surface area contributed by atoms with Gasteiger partial charge in [0.2, 0.25) is 0 Å². The van der Waals surface area contributed by atoms with Gasteiger partial charge in [0.1, 0.15) is 5.82 Å². The number of rotatable bonds is 4. The number of halogens is 1. The molecule has 0 aliphatic heterocycles. The molecule has 0 heterocycles. The summed E-state index contributed by atoms with van der Waals surface area (Å²) in [6, 6.07) is 4.01. The van der Waals surface area contributed by atoms with Gasteiger partial charge in [-0.05, 0) is 24.3 Å². The Morgan fingerprint density at radius 1 is 1.53 bits per heavy atom. The summed E-state index contributed by atoms with van der Waals surface area (Å²) in [6.45, 7) is 0. The first-order chi connectivity index (χ1) is 7.16. The fourth-order valence-corrected chi connectivity index (χ4v) is 1.32. The number of hydrogen-bond acceptors (Lipinski definition) is 2. The van der Waals surface area contributed by atoms with Crippen LogP contribution < -0.4 is 0 Å². The molecule has 1 N–H and O–H groups in total. The number of benzene rings is 1. The van der Waals surface area contributed by atoms with E-state index in [1.807, 2.05) is 0 Å². The van der Waals surface area contributed by atoms with E-state index in [0.717, 1.165) is 0 Å². The van der Waals surface area contributed by atoms with Crippen LogP contribution in [0.3, 0.4) is 0 Å². The van der Waals surface area contributed by atoms with Crippen molar-refractivity contribution in [3.05, 3.63) is 41.2 Å². The van der Waals surface area contributed by atoms with Crippen LogP contribution in [0.5, 0.6) is 0 Å². The molecule has 0 aromatic heterocycles. The molecular formula is C11H11FO2S. The molecule has 80 valence electrons. The highest BCUT2D eigenvalue weighted by atomic mass is 32.1. The van der Waals surface area contributed by atoms with Crippen LogP contribution in [0.15, 0.2) is 24.3 Å². The Morgan fingerprint density at radius 3 is 2.87 bits per heavy atom. The number of aromatic carboxylic acids is 1. The minimum atomic E-state index is -1.12. The third-order valence-corrected chi connectivity index (χ3v) is 2.12. The lowest BCUT2D eigenvalue weighted by Gasteiger charge is -2.01. The number of hydrogen-bond donors (Lipinski definition) is 2. The lowest BCUT2D eigenvalue weighted by atomic mass is 10.1. The molecule has 0 aliphatic carbocycles. The fraction of sp³-hybridized carbons (Fsp3) is 0.182. The maximum absolute atomic E-state index is 13.3. The van der Waals surface area contributed by atoms with Gasteiger partial charge in [-0.3, -0.25) is 0 Å². The van der Waals surface area contributed by atoms with Crippen LogP contribution in [0.1, 0.15) is 22.3 Å². The van der Waals surface area contributed by atoms with Crippen molar-refractivity contribution in [2.75, 3.05) is 5.75 Å². The van der Waals surface area contributed by atoms with Crippen LogP contribution in [-0.2, 0) is 0 Å². The first kappa shape index (κ1) is 11.8. The van der Waals surface area contributed by atoms with Crippen LogP contribution in [0.4, 0.5) is 4.39 Å². The van der Waals surface area contributed by atoms with Crippen molar-refractivity contribution < 1.29 is 14.3 Å². The fourth-order valence-electron chi connectivity index (χ4n) is 1.17. The highest BCUT2D eigenvalue weighted by Crippen LogP contribution is 2.15. The van der Waals surface area contributed by atoms with Crippen molar-refractivity contribution in [1.29, 1.82) is 0 Å². The van der Waals surface area contributed by atoms with Gasteiger partial charge in [0.05, 0.1) is 5.56 Å². The lowest BCUT2D eigenvalue weighted by molar-refractivity contribution is 0.0696. The number of thiol groups is 1. The minimum Gasteiger partial charge on any atom is -0.478 e. The number of allylic oxidation sites excluding steroid dienone is 1. The van der Waals surface area contributed by atoms with Gasteiger partial charge in [-0.1, -0.05) is 18.2 Å². The molecule has 0 bridgehead atoms. The molecule has 1 rings (SSSR count). The first-order valence-corrected chi connectivity index (χ1v) is 5.09. The number of carboxylic acids is 1. The topological polar surface area (TPSA) is 37.3 Å². The maximum Gasteiger partial charge on any atom is 0.336 e. The third-order valence-electron chi connectivity index (χ3n) is 1.86. The second-order valence-electron chi connectivity index (χ2n) is 2.92. The summed E-state index contributed by atoms with van der Waals surface area (Å²) in [5.41, 5.74) is 0.0946. The zero-order chi connectivity index (χ0) is 11.3. The van der Waals surface area contributed by atoms with E-state index in [2.05, 4.69) is 12.6 Å². The monoisotopic (exact) mass is 226 g/mol. The molecule has 0 radical (unpaired) electrons. The van der Waals surface area contributed by atoms with Gasteiger partial charge >= 0.3 is 5.97 Å². The Balaban J connectivity index is 3.07. The molecule has 0 saturated carbocycles. The van der Waals surface area contributed by atoms with E-state index in [1.54, 1.807) is 6.08 Å². The van der Waals surface area contributed by atoms with Crippen LogP contribution in [0, 0.1) is 5.82 Å². The van der Waals surface area contributed by atoms with E-state index in [1.165, 1.54) is 24.3 Å². The summed E-state index contributed by atoms with van der Waals surface area (Å²) < 4.78 is 13.3. The Bertz CT molecular complexity index is 388. The van der Waals surface area contributed by atoms with Gasteiger partial charge in [0.15, 0.2) is 0 Å². The normalized spacial score (nSPS) is 10.8. The summed E-state index contributed by atoms with van der Waals surface area (Å²) in [6.07, 6.45) is 3.86. The molecule has 0 amide bonds. The largest absolute Gasteiger partial charge is 0.478 e. The summed E-state index contributed by atoms with van der Waals surface area (Å²) in [5, 5.41) is 8.83. The van der Waals surface area contributed by atoms with Crippen LogP contribution in [0.25, 0.3) is 6.08 Å². The van der Waals surface area contributed by atoms with Gasteiger partial charge in [-0.25, -0.2) is 9.18 Å². The summed E-state index contributed by atoms with van der Waals surface area (Å²) >= 11 is 4.00. The van der Waals surface area contributed by atoms with Crippen molar-refractivity contribution in [2.24, 2.45) is 0 Å². The molecule has 0 atom stereocenters. The van der Waals surface area contributed by atoms with Crippen LogP contribution >= 0.6 is 12.6 Å². The molecule has 0 saturated heterocycles. The average Bonchev–Trinajstić information content (AvgIpc) is 2.20. The van der Waals surface area contributed by atoms with Gasteiger partial charge in [-0.15, -0.1) is 0 Å². The molecule has 1 aromatic carbocycles. The van der Waals surface area contributed by atoms with E-state index < -0.39 is 11.8 Å². The van der Waals surface area contributed by atoms with E-state index in [4.69, 9.17) is 5.11 Å². The molecule has 2 nitrogen and oxygen atoms in total. The minimum absolute atomic E-state index is 0.0228. The predicted octanol–water partition coefficient (Wildman–Crippen LogP) is 2.86. The van der Waals surface area contributed by atoms with Gasteiger partial charge in [0.25, 0.3) is 0 Å². The van der Waals surface area contributed by atoms with Crippen LogP contribution in [0.2, 0.25) is 0 Å². The molecule has 0 spiro atoms. The Hall–Kier alpha value is -1.29. The van der Waals surface area contributed by atoms with Crippen molar-refractivity contribution in [3.63, 3.8) is 0 Å². The molecule has 15 heavy (non-hydrogen) atoms. The van der Waals surface area contributed by atoms with Gasteiger partial charge in [-0.2, -0.15) is 12.6 Å².